The number of carbonyl (C=O) groups is 2. The Morgan fingerprint density at radius 2 is 2.19 bits per heavy atom. The number of aliphatic carboxylic acids is 1. The number of hydrogen-bond donors (Lipinski definition) is 3. The molecule has 1 aromatic carbocycles. The molecule has 114 valence electrons. The summed E-state index contributed by atoms with van der Waals surface area (Å²) in [5.74, 6) is -0.171. The van der Waals surface area contributed by atoms with Crippen LogP contribution in [0.25, 0.3) is 0 Å². The van der Waals surface area contributed by atoms with Crippen molar-refractivity contribution in [3.63, 3.8) is 0 Å². The van der Waals surface area contributed by atoms with Gasteiger partial charge in [0.05, 0.1) is 6.54 Å². The second-order valence-corrected chi connectivity index (χ2v) is 5.09. The zero-order valence-electron chi connectivity index (χ0n) is 12.0. The molecule has 2 amide bonds. The van der Waals surface area contributed by atoms with E-state index in [2.05, 4.69) is 10.6 Å². The highest BCUT2D eigenvalue weighted by Crippen LogP contribution is 2.27. The SMILES string of the molecule is CCCC(NC(=O)NCC1Cc2ccccc2O1)C(=O)O. The maximum atomic E-state index is 11.7. The molecule has 1 aromatic rings. The Balaban J connectivity index is 1.76. The minimum absolute atomic E-state index is 0.109. The number of para-hydroxylation sites is 1. The summed E-state index contributed by atoms with van der Waals surface area (Å²) in [7, 11) is 0. The Morgan fingerprint density at radius 1 is 1.43 bits per heavy atom. The lowest BCUT2D eigenvalue weighted by atomic mass is 10.1. The van der Waals surface area contributed by atoms with Crippen LogP contribution in [0, 0.1) is 0 Å². The minimum Gasteiger partial charge on any atom is -0.488 e. The van der Waals surface area contributed by atoms with Gasteiger partial charge in [0.1, 0.15) is 17.9 Å². The van der Waals surface area contributed by atoms with Crippen molar-refractivity contribution in [2.45, 2.75) is 38.3 Å². The molecule has 0 radical (unpaired) electrons. The maximum Gasteiger partial charge on any atom is 0.326 e. The van der Waals surface area contributed by atoms with Crippen LogP contribution in [0.2, 0.25) is 0 Å². The first-order chi connectivity index (χ1) is 10.1. The Kier molecular flexibility index (Phi) is 5.03. The fraction of sp³-hybridized carbons (Fsp3) is 0.467. The Morgan fingerprint density at radius 3 is 2.86 bits per heavy atom. The molecule has 1 aliphatic heterocycles. The van der Waals surface area contributed by atoms with Crippen molar-refractivity contribution in [2.75, 3.05) is 6.54 Å². The third-order valence-corrected chi connectivity index (χ3v) is 3.38. The van der Waals surface area contributed by atoms with Gasteiger partial charge in [0.25, 0.3) is 0 Å². The van der Waals surface area contributed by atoms with E-state index < -0.39 is 18.0 Å². The van der Waals surface area contributed by atoms with E-state index in [1.54, 1.807) is 0 Å². The van der Waals surface area contributed by atoms with Crippen LogP contribution in [0.15, 0.2) is 24.3 Å². The second-order valence-electron chi connectivity index (χ2n) is 5.09. The van der Waals surface area contributed by atoms with Gasteiger partial charge in [0.15, 0.2) is 0 Å². The van der Waals surface area contributed by atoms with Crippen LogP contribution in [-0.4, -0.2) is 35.8 Å². The van der Waals surface area contributed by atoms with Gasteiger partial charge >= 0.3 is 12.0 Å². The van der Waals surface area contributed by atoms with Crippen molar-refractivity contribution in [3.05, 3.63) is 29.8 Å². The Labute approximate surface area is 123 Å². The number of benzene rings is 1. The first-order valence-electron chi connectivity index (χ1n) is 7.12. The van der Waals surface area contributed by atoms with Gasteiger partial charge in [0, 0.05) is 6.42 Å². The molecule has 0 bridgehead atoms. The normalized spacial score (nSPS) is 17.5. The average Bonchev–Trinajstić information content (AvgIpc) is 2.87. The number of urea groups is 1. The molecule has 3 N–H and O–H groups in total. The van der Waals surface area contributed by atoms with E-state index in [1.807, 2.05) is 31.2 Å². The molecule has 0 aromatic heterocycles. The number of carboxylic acid groups (broad SMARTS) is 1. The van der Waals surface area contributed by atoms with Crippen LogP contribution in [0.4, 0.5) is 4.79 Å². The van der Waals surface area contributed by atoms with Crippen molar-refractivity contribution in [3.8, 4) is 5.75 Å². The molecular formula is C15H20N2O4. The smallest absolute Gasteiger partial charge is 0.326 e. The van der Waals surface area contributed by atoms with Crippen molar-refractivity contribution in [1.82, 2.24) is 10.6 Å². The molecule has 2 atom stereocenters. The maximum absolute atomic E-state index is 11.7. The molecule has 2 unspecified atom stereocenters. The molecule has 0 spiro atoms. The second kappa shape index (κ2) is 6.97. The number of amides is 2. The summed E-state index contributed by atoms with van der Waals surface area (Å²) in [5.41, 5.74) is 1.12. The summed E-state index contributed by atoms with van der Waals surface area (Å²) in [6.07, 6.45) is 1.74. The van der Waals surface area contributed by atoms with Crippen molar-refractivity contribution >= 4 is 12.0 Å². The van der Waals surface area contributed by atoms with E-state index in [-0.39, 0.29) is 6.10 Å². The van der Waals surface area contributed by atoms with Gasteiger partial charge in [-0.3, -0.25) is 0 Å². The molecule has 6 heteroatoms. The lowest BCUT2D eigenvalue weighted by Gasteiger charge is -2.16. The van der Waals surface area contributed by atoms with E-state index in [0.29, 0.717) is 19.4 Å². The van der Waals surface area contributed by atoms with Gasteiger partial charge in [0.2, 0.25) is 0 Å². The van der Waals surface area contributed by atoms with Crippen molar-refractivity contribution in [1.29, 1.82) is 0 Å². The van der Waals surface area contributed by atoms with Gasteiger partial charge in [-0.25, -0.2) is 9.59 Å². The van der Waals surface area contributed by atoms with Crippen LogP contribution in [0.1, 0.15) is 25.3 Å². The summed E-state index contributed by atoms with van der Waals surface area (Å²) in [6, 6.07) is 6.43. The van der Waals surface area contributed by atoms with Gasteiger partial charge in [-0.1, -0.05) is 31.5 Å². The lowest BCUT2D eigenvalue weighted by Crippen LogP contribution is -2.48. The van der Waals surface area contributed by atoms with Gasteiger partial charge in [-0.05, 0) is 18.1 Å². The standard InChI is InChI=1S/C15H20N2O4/c1-2-5-12(14(18)19)17-15(20)16-9-11-8-10-6-3-4-7-13(10)21-11/h3-4,6-7,11-12H,2,5,8-9H2,1H3,(H,18,19)(H2,16,17,20). The molecule has 2 rings (SSSR count). The Bertz CT molecular complexity index is 493. The molecule has 6 nitrogen and oxygen atoms in total. The van der Waals surface area contributed by atoms with Crippen LogP contribution in [-0.2, 0) is 11.2 Å². The first kappa shape index (κ1) is 15.2. The highest BCUT2D eigenvalue weighted by atomic mass is 16.5. The first-order valence-corrected chi connectivity index (χ1v) is 7.12. The van der Waals surface area contributed by atoms with E-state index in [1.165, 1.54) is 0 Å². The third-order valence-electron chi connectivity index (χ3n) is 3.38. The monoisotopic (exact) mass is 292 g/mol. The predicted octanol–water partition coefficient (Wildman–Crippen LogP) is 1.54. The lowest BCUT2D eigenvalue weighted by molar-refractivity contribution is -0.139. The van der Waals surface area contributed by atoms with Crippen LogP contribution in [0.3, 0.4) is 0 Å². The van der Waals surface area contributed by atoms with Crippen LogP contribution >= 0.6 is 0 Å². The number of ether oxygens (including phenoxy) is 1. The zero-order chi connectivity index (χ0) is 15.2. The number of fused-ring (bicyclic) bond motifs is 1. The highest BCUT2D eigenvalue weighted by Gasteiger charge is 2.24. The molecule has 0 aliphatic carbocycles. The molecule has 0 fully saturated rings. The average molecular weight is 292 g/mol. The van der Waals surface area contributed by atoms with Gasteiger partial charge in [-0.2, -0.15) is 0 Å². The topological polar surface area (TPSA) is 87.7 Å². The number of nitrogens with one attached hydrogen (secondary N) is 2. The molecule has 0 saturated carbocycles. The Hall–Kier alpha value is -2.24. The fourth-order valence-corrected chi connectivity index (χ4v) is 2.33. The van der Waals surface area contributed by atoms with Gasteiger partial charge < -0.3 is 20.5 Å². The molecule has 1 heterocycles. The van der Waals surface area contributed by atoms with Crippen LogP contribution in [0.5, 0.6) is 5.75 Å². The number of carboxylic acids is 1. The number of rotatable bonds is 6. The number of carbonyl (C=O) groups excluding carboxylic acids is 1. The summed E-state index contributed by atoms with van der Waals surface area (Å²) in [5, 5.41) is 14.1. The van der Waals surface area contributed by atoms with Crippen molar-refractivity contribution < 1.29 is 19.4 Å². The summed E-state index contributed by atoms with van der Waals surface area (Å²) in [6.45, 7) is 2.22. The summed E-state index contributed by atoms with van der Waals surface area (Å²) in [4.78, 5) is 22.7. The summed E-state index contributed by atoms with van der Waals surface area (Å²) < 4.78 is 5.70. The molecule has 1 aliphatic rings. The molecular weight excluding hydrogens is 272 g/mol. The minimum atomic E-state index is -1.02. The zero-order valence-corrected chi connectivity index (χ0v) is 12.0. The van der Waals surface area contributed by atoms with E-state index in [4.69, 9.17) is 9.84 Å². The highest BCUT2D eigenvalue weighted by molar-refractivity contribution is 5.82. The van der Waals surface area contributed by atoms with E-state index >= 15 is 0 Å². The van der Waals surface area contributed by atoms with Crippen molar-refractivity contribution in [2.24, 2.45) is 0 Å². The van der Waals surface area contributed by atoms with E-state index in [0.717, 1.165) is 17.7 Å². The van der Waals surface area contributed by atoms with Crippen LogP contribution < -0.4 is 15.4 Å². The molecule has 21 heavy (non-hydrogen) atoms. The van der Waals surface area contributed by atoms with Gasteiger partial charge in [-0.15, -0.1) is 0 Å². The summed E-state index contributed by atoms with van der Waals surface area (Å²) >= 11 is 0. The van der Waals surface area contributed by atoms with E-state index in [9.17, 15) is 9.59 Å². The predicted molar refractivity (Wildman–Crippen MR) is 77.4 cm³/mol. The molecule has 0 saturated heterocycles. The number of hydrogen-bond acceptors (Lipinski definition) is 3. The third kappa shape index (κ3) is 4.11. The fourth-order valence-electron chi connectivity index (χ4n) is 2.33. The largest absolute Gasteiger partial charge is 0.488 e. The quantitative estimate of drug-likeness (QED) is 0.742.